The number of nitrogens with one attached hydrogen (secondary N) is 3. The number of alkyl halides is 3. The molecule has 0 spiro atoms. The summed E-state index contributed by atoms with van der Waals surface area (Å²) in [6.07, 6.45) is 3.24. The molecule has 1 fully saturated rings. The molecule has 5 rings (SSSR count). The van der Waals surface area contributed by atoms with Crippen LogP contribution in [0.4, 0.5) is 36.2 Å². The predicted octanol–water partition coefficient (Wildman–Crippen LogP) is 7.00. The highest BCUT2D eigenvalue weighted by atomic mass is 19.4. The number of pyridine rings is 1. The molecule has 3 N–H and O–H groups in total. The van der Waals surface area contributed by atoms with Crippen LogP contribution in [-0.4, -0.2) is 21.5 Å². The Morgan fingerprint density at radius 3 is 2.56 bits per heavy atom. The minimum Gasteiger partial charge on any atom is -0.385 e. The molecule has 0 amide bonds. The number of nitrogens with zero attached hydrogens (tertiary/aromatic N) is 3. The van der Waals surface area contributed by atoms with Gasteiger partial charge in [0.05, 0.1) is 34.4 Å². The lowest BCUT2D eigenvalue weighted by Gasteiger charge is -2.10. The Kier molecular flexibility index (Phi) is 6.45. The molecule has 0 unspecified atom stereocenters. The molecule has 2 aromatic carbocycles. The average Bonchev–Trinajstić information content (AvgIpc) is 3.68. The van der Waals surface area contributed by atoms with Crippen LogP contribution in [0.1, 0.15) is 29.8 Å². The molecule has 2 heterocycles. The second kappa shape index (κ2) is 9.85. The van der Waals surface area contributed by atoms with Gasteiger partial charge in [0.15, 0.2) is 0 Å². The van der Waals surface area contributed by atoms with Crippen LogP contribution in [0.5, 0.6) is 0 Å². The van der Waals surface area contributed by atoms with Crippen LogP contribution in [0, 0.1) is 12.8 Å². The molecule has 6 nitrogen and oxygen atoms in total. The normalized spacial score (nSPS) is 13.8. The van der Waals surface area contributed by atoms with Crippen molar-refractivity contribution in [3.05, 3.63) is 83.9 Å². The molecule has 184 valence electrons. The van der Waals surface area contributed by atoms with Crippen molar-refractivity contribution in [2.75, 3.05) is 22.5 Å². The lowest BCUT2D eigenvalue weighted by molar-refractivity contribution is -0.137. The van der Waals surface area contributed by atoms with E-state index in [0.29, 0.717) is 23.0 Å². The number of aryl methyl sites for hydroxylation is 1. The van der Waals surface area contributed by atoms with Crippen LogP contribution < -0.4 is 16.0 Å². The van der Waals surface area contributed by atoms with Gasteiger partial charge in [-0.1, -0.05) is 6.07 Å². The number of hydrogen-bond donors (Lipinski definition) is 3. The van der Waals surface area contributed by atoms with Gasteiger partial charge < -0.3 is 16.0 Å². The quantitative estimate of drug-likeness (QED) is 0.247. The van der Waals surface area contributed by atoms with Crippen LogP contribution in [-0.2, 0) is 6.18 Å². The smallest absolute Gasteiger partial charge is 0.385 e. The van der Waals surface area contributed by atoms with Crippen molar-refractivity contribution in [2.45, 2.75) is 25.9 Å². The first-order chi connectivity index (χ1) is 17.3. The Balaban J connectivity index is 1.22. The van der Waals surface area contributed by atoms with Crippen molar-refractivity contribution in [3.8, 4) is 0 Å². The van der Waals surface area contributed by atoms with E-state index >= 15 is 0 Å². The second-order valence-electron chi connectivity index (χ2n) is 8.84. The summed E-state index contributed by atoms with van der Waals surface area (Å²) in [5.41, 5.74) is 3.68. The van der Waals surface area contributed by atoms with Crippen LogP contribution in [0.3, 0.4) is 0 Å². The second-order valence-corrected chi connectivity index (χ2v) is 8.84. The number of rotatable bonds is 8. The molecule has 36 heavy (non-hydrogen) atoms. The third kappa shape index (κ3) is 5.91. The summed E-state index contributed by atoms with van der Waals surface area (Å²) in [6.45, 7) is 2.94. The zero-order valence-corrected chi connectivity index (χ0v) is 19.6. The monoisotopic (exact) mass is 490 g/mol. The summed E-state index contributed by atoms with van der Waals surface area (Å²) in [7, 11) is 0. The predicted molar refractivity (Wildman–Crippen MR) is 137 cm³/mol. The fraction of sp³-hybridized carbons (Fsp3) is 0.222. The van der Waals surface area contributed by atoms with E-state index in [1.165, 1.54) is 18.9 Å². The van der Waals surface area contributed by atoms with E-state index in [-0.39, 0.29) is 0 Å². The standard InChI is InChI=1S/C27H25F3N6/c1-17-24-10-9-21(32-15-18-5-6-18)14-25(24)36-26(34-17)31-12-11-20-7-8-23(16-33-20)35-22-4-2-3-19(13-22)27(28,29)30/h2-4,7-14,16,18,32,35H,5-6,15H2,1H3,(H,31,34,36)/b12-11+. The number of aromatic nitrogens is 3. The van der Waals surface area contributed by atoms with Gasteiger partial charge in [-0.2, -0.15) is 13.2 Å². The van der Waals surface area contributed by atoms with Gasteiger partial charge in [0, 0.05) is 29.5 Å². The van der Waals surface area contributed by atoms with Crippen molar-refractivity contribution in [1.29, 1.82) is 0 Å². The zero-order valence-electron chi connectivity index (χ0n) is 19.6. The lowest BCUT2D eigenvalue weighted by Crippen LogP contribution is -2.05. The van der Waals surface area contributed by atoms with Crippen molar-refractivity contribution in [3.63, 3.8) is 0 Å². The summed E-state index contributed by atoms with van der Waals surface area (Å²) < 4.78 is 38.7. The molecule has 0 saturated heterocycles. The molecule has 0 aliphatic heterocycles. The number of halogens is 3. The summed E-state index contributed by atoms with van der Waals surface area (Å²) >= 11 is 0. The molecule has 0 radical (unpaired) electrons. The van der Waals surface area contributed by atoms with E-state index in [4.69, 9.17) is 0 Å². The van der Waals surface area contributed by atoms with E-state index in [0.717, 1.165) is 46.9 Å². The fourth-order valence-corrected chi connectivity index (χ4v) is 3.77. The van der Waals surface area contributed by atoms with E-state index in [1.54, 1.807) is 36.7 Å². The van der Waals surface area contributed by atoms with Crippen LogP contribution >= 0.6 is 0 Å². The maximum atomic E-state index is 12.9. The van der Waals surface area contributed by atoms with E-state index in [1.807, 2.05) is 19.1 Å². The SMILES string of the molecule is Cc1nc(N/C=C/c2ccc(Nc3cccc(C(F)(F)F)c3)cn2)nc2cc(NCC3CC3)ccc12. The first-order valence-corrected chi connectivity index (χ1v) is 11.7. The number of fused-ring (bicyclic) bond motifs is 1. The first kappa shape index (κ1) is 23.6. The third-order valence-electron chi connectivity index (χ3n) is 5.91. The number of anilines is 4. The molecule has 0 bridgehead atoms. The minimum atomic E-state index is -4.39. The molecule has 9 heteroatoms. The van der Waals surface area contributed by atoms with Crippen LogP contribution in [0.25, 0.3) is 17.0 Å². The highest BCUT2D eigenvalue weighted by Gasteiger charge is 2.30. The Morgan fingerprint density at radius 1 is 0.972 bits per heavy atom. The van der Waals surface area contributed by atoms with Gasteiger partial charge >= 0.3 is 6.18 Å². The third-order valence-corrected chi connectivity index (χ3v) is 5.91. The van der Waals surface area contributed by atoms with E-state index in [2.05, 4.69) is 37.0 Å². The average molecular weight is 491 g/mol. The van der Waals surface area contributed by atoms with Gasteiger partial charge in [0.1, 0.15) is 0 Å². The van der Waals surface area contributed by atoms with Crippen molar-refractivity contribution < 1.29 is 13.2 Å². The Hall–Kier alpha value is -4.14. The molecule has 1 saturated carbocycles. The minimum absolute atomic E-state index is 0.339. The molecule has 1 aliphatic carbocycles. The molecule has 1 aliphatic rings. The van der Waals surface area contributed by atoms with Gasteiger partial charge in [-0.05, 0) is 80.3 Å². The molecular weight excluding hydrogens is 465 g/mol. The highest BCUT2D eigenvalue weighted by molar-refractivity contribution is 5.85. The van der Waals surface area contributed by atoms with Gasteiger partial charge in [-0.15, -0.1) is 0 Å². The molecule has 2 aromatic heterocycles. The van der Waals surface area contributed by atoms with Gasteiger partial charge in [0.2, 0.25) is 5.95 Å². The van der Waals surface area contributed by atoms with Crippen LogP contribution in [0.2, 0.25) is 0 Å². The van der Waals surface area contributed by atoms with Crippen molar-refractivity contribution in [2.24, 2.45) is 5.92 Å². The summed E-state index contributed by atoms with van der Waals surface area (Å²) in [5, 5.41) is 10.5. The van der Waals surface area contributed by atoms with Gasteiger partial charge in [-0.25, -0.2) is 9.97 Å². The summed E-state index contributed by atoms with van der Waals surface area (Å²) in [4.78, 5) is 13.5. The Morgan fingerprint density at radius 2 is 1.81 bits per heavy atom. The van der Waals surface area contributed by atoms with E-state index in [9.17, 15) is 13.2 Å². The molecule has 4 aromatic rings. The van der Waals surface area contributed by atoms with E-state index < -0.39 is 11.7 Å². The summed E-state index contributed by atoms with van der Waals surface area (Å²) in [6, 6.07) is 14.7. The van der Waals surface area contributed by atoms with Crippen molar-refractivity contribution in [1.82, 2.24) is 15.0 Å². The van der Waals surface area contributed by atoms with Crippen LogP contribution in [0.15, 0.2) is 67.0 Å². The molecule has 0 atom stereocenters. The highest BCUT2D eigenvalue weighted by Crippen LogP contribution is 2.31. The summed E-state index contributed by atoms with van der Waals surface area (Å²) in [5.74, 6) is 1.27. The Labute approximate surface area is 206 Å². The van der Waals surface area contributed by atoms with Crippen molar-refractivity contribution >= 4 is 40.0 Å². The zero-order chi connectivity index (χ0) is 25.1. The number of benzene rings is 2. The largest absolute Gasteiger partial charge is 0.416 e. The first-order valence-electron chi connectivity index (χ1n) is 11.7. The fourth-order valence-electron chi connectivity index (χ4n) is 3.77. The lowest BCUT2D eigenvalue weighted by atomic mass is 10.2. The van der Waals surface area contributed by atoms with Gasteiger partial charge in [0.25, 0.3) is 0 Å². The van der Waals surface area contributed by atoms with Gasteiger partial charge in [-0.3, -0.25) is 4.98 Å². The maximum Gasteiger partial charge on any atom is 0.416 e. The Bertz CT molecular complexity index is 1400. The molecular formula is C27H25F3N6. The maximum absolute atomic E-state index is 12.9. The topological polar surface area (TPSA) is 74.8 Å². The number of hydrogen-bond acceptors (Lipinski definition) is 6.